The van der Waals surface area contributed by atoms with Gasteiger partial charge in [0.25, 0.3) is 0 Å². The Morgan fingerprint density at radius 3 is 1.35 bits per heavy atom. The van der Waals surface area contributed by atoms with Crippen molar-refractivity contribution in [2.24, 2.45) is 0 Å². The van der Waals surface area contributed by atoms with Crippen molar-refractivity contribution in [3.05, 3.63) is 71.8 Å². The van der Waals surface area contributed by atoms with Gasteiger partial charge in [0.1, 0.15) is 0 Å². The Kier molecular flexibility index (Phi) is 5.78. The van der Waals surface area contributed by atoms with E-state index < -0.39 is 0 Å². The highest BCUT2D eigenvalue weighted by Gasteiger charge is 2.10. The molecule has 2 aromatic rings. The van der Waals surface area contributed by atoms with Gasteiger partial charge in [-0.2, -0.15) is 0 Å². The van der Waals surface area contributed by atoms with Crippen molar-refractivity contribution < 1.29 is 0 Å². The number of nitrogens with one attached hydrogen (secondary N) is 2. The Morgan fingerprint density at radius 1 is 0.650 bits per heavy atom. The standard InChI is InChI=1S/C18H24N2/c1-15(19-13-17-9-5-3-6-10-17)16(2)20-14-18-11-7-4-8-12-18/h3-12,15-16,19-20H,13-14H2,1-2H3/t15-,16-/m1/s1. The second kappa shape index (κ2) is 7.83. The van der Waals surface area contributed by atoms with Gasteiger partial charge < -0.3 is 10.6 Å². The molecular weight excluding hydrogens is 244 g/mol. The maximum Gasteiger partial charge on any atom is 0.0208 e. The Balaban J connectivity index is 1.73. The predicted molar refractivity (Wildman–Crippen MR) is 85.5 cm³/mol. The van der Waals surface area contributed by atoms with Gasteiger partial charge in [0, 0.05) is 25.2 Å². The summed E-state index contributed by atoms with van der Waals surface area (Å²) in [5.74, 6) is 0. The molecule has 0 heterocycles. The minimum Gasteiger partial charge on any atom is -0.309 e. The average Bonchev–Trinajstić information content (AvgIpc) is 2.52. The summed E-state index contributed by atoms with van der Waals surface area (Å²) >= 11 is 0. The number of benzene rings is 2. The van der Waals surface area contributed by atoms with Gasteiger partial charge >= 0.3 is 0 Å². The maximum absolute atomic E-state index is 3.57. The van der Waals surface area contributed by atoms with Crippen molar-refractivity contribution in [3.63, 3.8) is 0 Å². The van der Waals surface area contributed by atoms with Crippen LogP contribution in [0.1, 0.15) is 25.0 Å². The van der Waals surface area contributed by atoms with Crippen LogP contribution in [-0.4, -0.2) is 12.1 Å². The lowest BCUT2D eigenvalue weighted by atomic mass is 10.1. The summed E-state index contributed by atoms with van der Waals surface area (Å²) in [5.41, 5.74) is 2.66. The van der Waals surface area contributed by atoms with Gasteiger partial charge in [0.15, 0.2) is 0 Å². The lowest BCUT2D eigenvalue weighted by Crippen LogP contribution is -2.43. The molecule has 0 bridgehead atoms. The smallest absolute Gasteiger partial charge is 0.0208 e. The molecule has 2 nitrogen and oxygen atoms in total. The molecule has 0 radical (unpaired) electrons. The van der Waals surface area contributed by atoms with Crippen LogP contribution in [0.5, 0.6) is 0 Å². The van der Waals surface area contributed by atoms with E-state index in [1.165, 1.54) is 11.1 Å². The summed E-state index contributed by atoms with van der Waals surface area (Å²) in [6.45, 7) is 6.29. The van der Waals surface area contributed by atoms with Crippen LogP contribution >= 0.6 is 0 Å². The van der Waals surface area contributed by atoms with Gasteiger partial charge in [-0.15, -0.1) is 0 Å². The first-order chi connectivity index (χ1) is 9.75. The second-order valence-corrected chi connectivity index (χ2v) is 5.31. The Hall–Kier alpha value is -1.64. The first-order valence-corrected chi connectivity index (χ1v) is 7.30. The molecule has 0 unspecified atom stereocenters. The molecule has 0 aliphatic rings. The van der Waals surface area contributed by atoms with Crippen LogP contribution in [-0.2, 0) is 13.1 Å². The highest BCUT2D eigenvalue weighted by atomic mass is 15.0. The van der Waals surface area contributed by atoms with Crippen molar-refractivity contribution in [2.45, 2.75) is 39.0 Å². The number of hydrogen-bond acceptors (Lipinski definition) is 2. The zero-order chi connectivity index (χ0) is 14.2. The molecule has 2 atom stereocenters. The van der Waals surface area contributed by atoms with E-state index in [2.05, 4.69) is 85.1 Å². The van der Waals surface area contributed by atoms with Crippen LogP contribution in [0, 0.1) is 0 Å². The lowest BCUT2D eigenvalue weighted by Gasteiger charge is -2.23. The first kappa shape index (κ1) is 14.8. The van der Waals surface area contributed by atoms with Crippen molar-refractivity contribution in [1.29, 1.82) is 0 Å². The Labute approximate surface area is 122 Å². The number of rotatable bonds is 7. The van der Waals surface area contributed by atoms with Gasteiger partial charge in [0.2, 0.25) is 0 Å². The van der Waals surface area contributed by atoms with Crippen molar-refractivity contribution in [1.82, 2.24) is 10.6 Å². The fourth-order valence-corrected chi connectivity index (χ4v) is 2.10. The molecule has 0 saturated heterocycles. The van der Waals surface area contributed by atoms with Crippen LogP contribution in [0.3, 0.4) is 0 Å². The molecule has 20 heavy (non-hydrogen) atoms. The zero-order valence-corrected chi connectivity index (χ0v) is 12.3. The van der Waals surface area contributed by atoms with Crippen LogP contribution in [0.4, 0.5) is 0 Å². The molecule has 2 rings (SSSR count). The largest absolute Gasteiger partial charge is 0.309 e. The molecule has 0 fully saturated rings. The normalized spacial score (nSPS) is 13.9. The molecule has 2 N–H and O–H groups in total. The topological polar surface area (TPSA) is 24.1 Å². The van der Waals surface area contributed by atoms with Crippen molar-refractivity contribution in [3.8, 4) is 0 Å². The van der Waals surface area contributed by atoms with E-state index >= 15 is 0 Å². The molecular formula is C18H24N2. The third-order valence-corrected chi connectivity index (χ3v) is 3.69. The molecule has 2 heteroatoms. The van der Waals surface area contributed by atoms with Gasteiger partial charge in [-0.25, -0.2) is 0 Å². The van der Waals surface area contributed by atoms with E-state index in [4.69, 9.17) is 0 Å². The fourth-order valence-electron chi connectivity index (χ4n) is 2.10. The highest BCUT2D eigenvalue weighted by Crippen LogP contribution is 2.02. The molecule has 2 aromatic carbocycles. The van der Waals surface area contributed by atoms with E-state index in [1.54, 1.807) is 0 Å². The summed E-state index contributed by atoms with van der Waals surface area (Å²) in [7, 11) is 0. The molecule has 106 valence electrons. The maximum atomic E-state index is 3.57. The molecule has 0 aliphatic heterocycles. The summed E-state index contributed by atoms with van der Waals surface area (Å²) in [6.07, 6.45) is 0. The van der Waals surface area contributed by atoms with Crippen LogP contribution in [0.15, 0.2) is 60.7 Å². The molecule has 0 saturated carbocycles. The molecule has 0 spiro atoms. The lowest BCUT2D eigenvalue weighted by molar-refractivity contribution is 0.407. The third kappa shape index (κ3) is 4.80. The van der Waals surface area contributed by atoms with E-state index in [-0.39, 0.29) is 0 Å². The van der Waals surface area contributed by atoms with Gasteiger partial charge in [-0.3, -0.25) is 0 Å². The van der Waals surface area contributed by atoms with E-state index in [0.29, 0.717) is 12.1 Å². The van der Waals surface area contributed by atoms with E-state index in [1.807, 2.05) is 0 Å². The third-order valence-electron chi connectivity index (χ3n) is 3.69. The molecule has 0 amide bonds. The minimum atomic E-state index is 0.430. The monoisotopic (exact) mass is 268 g/mol. The number of hydrogen-bond donors (Lipinski definition) is 2. The first-order valence-electron chi connectivity index (χ1n) is 7.30. The highest BCUT2D eigenvalue weighted by molar-refractivity contribution is 5.15. The summed E-state index contributed by atoms with van der Waals surface area (Å²) in [4.78, 5) is 0. The summed E-state index contributed by atoms with van der Waals surface area (Å²) in [6, 6.07) is 21.9. The van der Waals surface area contributed by atoms with Gasteiger partial charge in [-0.1, -0.05) is 60.7 Å². The quantitative estimate of drug-likeness (QED) is 0.805. The van der Waals surface area contributed by atoms with Crippen LogP contribution in [0.25, 0.3) is 0 Å². The van der Waals surface area contributed by atoms with Crippen molar-refractivity contribution >= 4 is 0 Å². The van der Waals surface area contributed by atoms with Gasteiger partial charge in [0.05, 0.1) is 0 Å². The molecule has 0 aliphatic carbocycles. The zero-order valence-electron chi connectivity index (χ0n) is 12.3. The SMILES string of the molecule is C[C@@H](NCc1ccccc1)[C@@H](C)NCc1ccccc1. The van der Waals surface area contributed by atoms with Gasteiger partial charge in [-0.05, 0) is 25.0 Å². The second-order valence-electron chi connectivity index (χ2n) is 5.31. The minimum absolute atomic E-state index is 0.430. The summed E-state index contributed by atoms with van der Waals surface area (Å²) in [5, 5.41) is 7.14. The van der Waals surface area contributed by atoms with E-state index in [0.717, 1.165) is 13.1 Å². The van der Waals surface area contributed by atoms with Crippen molar-refractivity contribution in [2.75, 3.05) is 0 Å². The summed E-state index contributed by atoms with van der Waals surface area (Å²) < 4.78 is 0. The van der Waals surface area contributed by atoms with Crippen LogP contribution in [0.2, 0.25) is 0 Å². The predicted octanol–water partition coefficient (Wildman–Crippen LogP) is 3.34. The fraction of sp³-hybridized carbons (Fsp3) is 0.333. The van der Waals surface area contributed by atoms with E-state index in [9.17, 15) is 0 Å². The Bertz CT molecular complexity index is 434. The molecule has 0 aromatic heterocycles. The average molecular weight is 268 g/mol. The Morgan fingerprint density at radius 2 is 1.00 bits per heavy atom. The van der Waals surface area contributed by atoms with Crippen LogP contribution < -0.4 is 10.6 Å².